The largest absolute Gasteiger partial charge is 0.664 e. The lowest BCUT2D eigenvalue weighted by Crippen LogP contribution is -2.46. The third kappa shape index (κ3) is 31.4. The topological polar surface area (TPSA) is 428 Å². The third-order valence-electron chi connectivity index (χ3n) is 11.9. The number of halogens is 4. The molecule has 2 unspecified atom stereocenters. The lowest BCUT2D eigenvalue weighted by atomic mass is 9.96. The molecule has 0 radical (unpaired) electrons. The Labute approximate surface area is 587 Å². The second kappa shape index (κ2) is 43.4. The highest BCUT2D eigenvalue weighted by atomic mass is 35.9. The Bertz CT molecular complexity index is 3510. The van der Waals surface area contributed by atoms with Crippen LogP contribution in [0.4, 0.5) is 0 Å². The predicted molar refractivity (Wildman–Crippen MR) is 376 cm³/mol. The molecule has 7 rings (SSSR count). The van der Waals surface area contributed by atoms with Crippen LogP contribution in [0.2, 0.25) is 0 Å². The first-order chi connectivity index (χ1) is 42.8. The van der Waals surface area contributed by atoms with Crippen molar-refractivity contribution in [2.75, 3.05) is 13.2 Å². The zero-order valence-electron chi connectivity index (χ0n) is 53.7. The van der Waals surface area contributed by atoms with Crippen LogP contribution in [0.5, 0.6) is 17.2 Å². The number of aromatic nitrogens is 4. The van der Waals surface area contributed by atoms with Crippen molar-refractivity contribution in [2.45, 2.75) is 165 Å². The standard InChI is InChI=1S/C22H30N3O9PS.C12H17NO4P.C10H14N2O5S.C6H5Cl2O2P.C6H13NO2.CH4.CH3.2ClH/c1-13(2)33-19(28)14(3)24-35(31,34-15-8-6-5-7-9-15)32-12-16-18(27)22(4,30)20(36-16)25-11-10-17(26)23-21(25)29;1-9(2)16-12(14)10(3)13-18(15)17-11-7-5-4-6-8-11;1-10(17)7(15)5(4-13)18-8(10)12-3-2-6(14)11-9(12)16;7-11(8,9)10-6-4-2-1-3-5-6;1-4(2)9-6(8)5(3)7;;;;/h5-11,13-14,16,18,20,27,30H,12H2,1-4H3,(H,24,31)(H,23,26,29);4-10H,1-3H3,(H,13,15);2-3,5,7-8,13,15,17H,4H2,1H3,(H,11,14,16);1-5H;4-5H,7H2,1-3H3;1H4;1H3;2*1H/q;+1;;;;;-1;;/t14-,16+,18+,20+,22+,35?;10-;5-,7-,8-,10-;;5-;;;;/m001.0..../s1. The van der Waals surface area contributed by atoms with Gasteiger partial charge in [0.15, 0.2) is 5.75 Å². The Morgan fingerprint density at radius 3 is 1.35 bits per heavy atom. The molecule has 29 nitrogen and oxygen atoms in total. The van der Waals surface area contributed by atoms with E-state index in [0.717, 1.165) is 44.8 Å². The quantitative estimate of drug-likeness (QED) is 0.0135. The van der Waals surface area contributed by atoms with Crippen LogP contribution in [0.25, 0.3) is 0 Å². The Morgan fingerprint density at radius 2 is 1.00 bits per heavy atom. The zero-order chi connectivity index (χ0) is 69.5. The molecule has 96 heavy (non-hydrogen) atoms. The minimum absolute atomic E-state index is 0. The summed E-state index contributed by atoms with van der Waals surface area (Å²) < 4.78 is 74.1. The number of hydrogen-bond donors (Lipinski definition) is 10. The molecular weight excluding hydrogens is 1450 g/mol. The van der Waals surface area contributed by atoms with E-state index in [-0.39, 0.29) is 76.8 Å². The molecule has 0 saturated carbocycles. The summed E-state index contributed by atoms with van der Waals surface area (Å²) in [4.78, 5) is 84.9. The van der Waals surface area contributed by atoms with Gasteiger partial charge in [0.25, 0.3) is 11.1 Å². The van der Waals surface area contributed by atoms with E-state index in [1.165, 1.54) is 33.2 Å². The number of aromatic amines is 2. The summed E-state index contributed by atoms with van der Waals surface area (Å²) in [5.74, 6) is -0.366. The number of aliphatic hydroxyl groups excluding tert-OH is 3. The second-order valence-electron chi connectivity index (χ2n) is 21.2. The van der Waals surface area contributed by atoms with Crippen LogP contribution < -0.4 is 52.0 Å². The molecule has 0 amide bonds. The van der Waals surface area contributed by atoms with E-state index in [9.17, 15) is 67.7 Å². The van der Waals surface area contributed by atoms with Crippen molar-refractivity contribution in [3.05, 3.63) is 165 Å². The summed E-state index contributed by atoms with van der Waals surface area (Å²) in [6.07, 6.45) is -4.18. The van der Waals surface area contributed by atoms with Crippen LogP contribution in [0, 0.1) is 7.43 Å². The molecule has 13 atom stereocenters. The fraction of sp³-hybridized carbons (Fsp3) is 0.483. The predicted octanol–water partition coefficient (Wildman–Crippen LogP) is 8.17. The van der Waals surface area contributed by atoms with Crippen LogP contribution in [-0.2, 0) is 46.8 Å². The van der Waals surface area contributed by atoms with Crippen molar-refractivity contribution < 1.29 is 85.9 Å². The normalized spacial score (nSPS) is 21.6. The number of aliphatic hydroxyl groups is 5. The molecule has 2 aliphatic rings. The number of H-pyrrole nitrogens is 2. The van der Waals surface area contributed by atoms with Gasteiger partial charge in [0.05, 0.1) is 54.2 Å². The van der Waals surface area contributed by atoms with Crippen LogP contribution >= 0.6 is 92.8 Å². The van der Waals surface area contributed by atoms with Gasteiger partial charge >= 0.3 is 51.3 Å². The van der Waals surface area contributed by atoms with Crippen LogP contribution in [-0.4, -0.2) is 146 Å². The number of esters is 3. The number of hydrogen-bond acceptors (Lipinski definition) is 25. The minimum atomic E-state index is -4.20. The van der Waals surface area contributed by atoms with Gasteiger partial charge in [-0.1, -0.05) is 67.1 Å². The fourth-order valence-corrected chi connectivity index (χ4v) is 14.0. The summed E-state index contributed by atoms with van der Waals surface area (Å²) in [6, 6.07) is 25.5. The van der Waals surface area contributed by atoms with Crippen molar-refractivity contribution in [1.82, 2.24) is 29.3 Å². The number of carbonyl (C=O) groups is 3. The van der Waals surface area contributed by atoms with Gasteiger partial charge < -0.3 is 62.0 Å². The molecule has 0 bridgehead atoms. The minimum Gasteiger partial charge on any atom is -0.462 e. The van der Waals surface area contributed by atoms with Crippen molar-refractivity contribution in [3.8, 4) is 17.2 Å². The van der Waals surface area contributed by atoms with Gasteiger partial charge in [-0.25, -0.2) is 23.2 Å². The van der Waals surface area contributed by atoms with Crippen LogP contribution in [0.3, 0.4) is 0 Å². The van der Waals surface area contributed by atoms with Crippen molar-refractivity contribution in [1.29, 1.82) is 0 Å². The van der Waals surface area contributed by atoms with Crippen LogP contribution in [0.1, 0.15) is 94.3 Å². The zero-order valence-corrected chi connectivity index (χ0v) is 61.2. The van der Waals surface area contributed by atoms with E-state index in [1.54, 1.807) is 140 Å². The highest BCUT2D eigenvalue weighted by molar-refractivity contribution is 8.05. The molecule has 2 fully saturated rings. The summed E-state index contributed by atoms with van der Waals surface area (Å²) in [5.41, 5.74) is -0.709. The van der Waals surface area contributed by atoms with E-state index >= 15 is 0 Å². The van der Waals surface area contributed by atoms with Gasteiger partial charge in [-0.05, 0) is 113 Å². The highest BCUT2D eigenvalue weighted by Gasteiger charge is 2.54. The fourth-order valence-electron chi connectivity index (χ4n) is 7.59. The van der Waals surface area contributed by atoms with Gasteiger partial charge in [0.2, 0.25) is 0 Å². The molecule has 3 aromatic carbocycles. The average Bonchev–Trinajstić information content (AvgIpc) is 1.62. The number of nitrogens with two attached hydrogens (primary N) is 1. The third-order valence-corrected chi connectivity index (χ3v) is 18.8. The molecule has 11 N–H and O–H groups in total. The molecule has 542 valence electrons. The van der Waals surface area contributed by atoms with Gasteiger partial charge in [-0.15, -0.1) is 48.3 Å². The molecule has 2 aliphatic heterocycles. The Kier molecular flexibility index (Phi) is 42.0. The first kappa shape index (κ1) is 92.9. The summed E-state index contributed by atoms with van der Waals surface area (Å²) in [7, 11) is -6.35. The van der Waals surface area contributed by atoms with E-state index in [0.29, 0.717) is 11.5 Å². The van der Waals surface area contributed by atoms with Gasteiger partial charge in [0.1, 0.15) is 51.6 Å². The molecule has 2 aromatic heterocycles. The number of nitrogens with zero attached hydrogens (tertiary/aromatic N) is 2. The number of ether oxygens (including phenoxy) is 3. The van der Waals surface area contributed by atoms with E-state index in [4.69, 9.17) is 61.1 Å². The molecule has 0 spiro atoms. The number of carbonyl (C=O) groups excluding carboxylic acids is 3. The van der Waals surface area contributed by atoms with Crippen molar-refractivity contribution >= 4 is 111 Å². The average molecular weight is 1530 g/mol. The number of nitrogens with one attached hydrogen (secondary N) is 4. The maximum Gasteiger partial charge on any atom is 0.664 e. The van der Waals surface area contributed by atoms with Gasteiger partial charge in [-0.3, -0.25) is 47.6 Å². The highest BCUT2D eigenvalue weighted by Crippen LogP contribution is 2.57. The van der Waals surface area contributed by atoms with E-state index < -0.39 is 125 Å². The monoisotopic (exact) mass is 1530 g/mol. The molecular formula is C58H88Cl4N7O22P3S2. The van der Waals surface area contributed by atoms with E-state index in [2.05, 4.69) is 24.7 Å². The molecule has 5 aromatic rings. The smallest absolute Gasteiger partial charge is 0.462 e. The van der Waals surface area contributed by atoms with Gasteiger partial charge in [0, 0.05) is 51.6 Å². The summed E-state index contributed by atoms with van der Waals surface area (Å²) in [5, 5.41) is 52.9. The van der Waals surface area contributed by atoms with Crippen molar-refractivity contribution in [3.63, 3.8) is 0 Å². The Balaban J connectivity index is 0. The number of rotatable bonds is 22. The SMILES string of the molecule is C.CC(C)OC(=O)[C@H](C)N.CC(C)OC(=O)[C@H](C)NP(=O)(OC[C@H]1S[C@@H](n2ccc(=O)[nH]c2=O)[C@](C)(O)[C@@H]1O)Oc1ccccc1.CC(C)OC(=O)[C@H](C)N[P+](=O)Oc1ccccc1.C[C@@]1(O)[C@H](O)[C@@H](CO)S[C@H]1n1ccc(=O)[nH]c1=O.Cl.Cl.O=P(Cl)(Cl)Oc1ccccc1.[CH3-]. The molecule has 38 heteroatoms. The maximum absolute atomic E-state index is 13.6. The molecule has 2 saturated heterocycles. The molecule has 0 aliphatic carbocycles. The number of benzene rings is 3. The second-order valence-corrected chi connectivity index (χ2v) is 30.7. The van der Waals surface area contributed by atoms with E-state index in [1.807, 2.05) is 6.07 Å². The lowest BCUT2D eigenvalue weighted by Gasteiger charge is -2.29. The first-order valence-corrected chi connectivity index (χ1v) is 36.0. The first-order valence-electron chi connectivity index (χ1n) is 28.0. The lowest BCUT2D eigenvalue weighted by molar-refractivity contribution is -0.149. The Hall–Kier alpha value is -5.11. The maximum atomic E-state index is 13.6. The summed E-state index contributed by atoms with van der Waals surface area (Å²) >= 11 is 12.4. The summed E-state index contributed by atoms with van der Waals surface area (Å²) in [6.45, 7) is 17.1. The Morgan fingerprint density at radius 1 is 0.635 bits per heavy atom. The van der Waals surface area contributed by atoms with Gasteiger partial charge in [-0.2, -0.15) is 5.09 Å². The van der Waals surface area contributed by atoms with Crippen LogP contribution in [0.15, 0.2) is 135 Å². The number of para-hydroxylation sites is 3. The number of thioether (sulfide) groups is 2. The molecule has 4 heterocycles. The van der Waals surface area contributed by atoms with Crippen molar-refractivity contribution in [2.24, 2.45) is 5.73 Å².